The minimum absolute atomic E-state index is 0.0399. The van der Waals surface area contributed by atoms with Gasteiger partial charge in [0.05, 0.1) is 39.1 Å². The largest absolute Gasteiger partial charge is 0.475 e. The molecule has 3 aliphatic heterocycles. The Labute approximate surface area is 353 Å². The first-order valence-electron chi connectivity index (χ1n) is 19.0. The lowest BCUT2D eigenvalue weighted by atomic mass is 9.99. The van der Waals surface area contributed by atoms with E-state index in [1.165, 1.54) is 25.3 Å². The molecule has 0 aliphatic carbocycles. The Balaban J connectivity index is 1.18. The number of nitrogens with two attached hydrogens (primary N) is 2. The summed E-state index contributed by atoms with van der Waals surface area (Å²) in [6, 6.07) is 0. The van der Waals surface area contributed by atoms with E-state index in [0.29, 0.717) is 22.3 Å². The van der Waals surface area contributed by atoms with Gasteiger partial charge >= 0.3 is 15.6 Å². The number of imidazole rings is 2. The van der Waals surface area contributed by atoms with Crippen molar-refractivity contribution in [2.45, 2.75) is 91.3 Å². The molecule has 3 fully saturated rings. The van der Waals surface area contributed by atoms with Crippen molar-refractivity contribution in [3.63, 3.8) is 0 Å². The van der Waals surface area contributed by atoms with E-state index in [-0.39, 0.29) is 59.4 Å². The summed E-state index contributed by atoms with van der Waals surface area (Å²) in [5, 5.41) is -0.164. The number of nitrogen functional groups attached to an aromatic ring is 2. The van der Waals surface area contributed by atoms with Gasteiger partial charge in [0.1, 0.15) is 60.6 Å². The highest BCUT2D eigenvalue weighted by Gasteiger charge is 2.49. The summed E-state index contributed by atoms with van der Waals surface area (Å²) in [7, 11) is -9.01. The van der Waals surface area contributed by atoms with Gasteiger partial charge in [0, 0.05) is 35.2 Å². The van der Waals surface area contributed by atoms with Crippen molar-refractivity contribution in [2.24, 2.45) is 10.8 Å². The maximum absolute atomic E-state index is 14.7. The number of aromatic nitrogens is 8. The zero-order chi connectivity index (χ0) is 43.0. The Bertz CT molecular complexity index is 2150. The molecule has 0 amide bonds. The number of phosphoric acid groups is 2. The molecule has 2 unspecified atom stereocenters. The second kappa shape index (κ2) is 17.9. The van der Waals surface area contributed by atoms with Crippen LogP contribution in [0.3, 0.4) is 0 Å². The quantitative estimate of drug-likeness (QED) is 0.155. The van der Waals surface area contributed by atoms with Crippen molar-refractivity contribution in [1.29, 1.82) is 0 Å². The molecule has 0 radical (unpaired) electrons. The molecule has 3 saturated heterocycles. The van der Waals surface area contributed by atoms with Crippen LogP contribution >= 0.6 is 39.2 Å². The number of nitrogens with zero attached hydrogens (tertiary/aromatic N) is 8. The van der Waals surface area contributed by atoms with Crippen LogP contribution in [-0.4, -0.2) is 112 Å². The van der Waals surface area contributed by atoms with E-state index in [1.54, 1.807) is 50.7 Å². The van der Waals surface area contributed by atoms with Crippen LogP contribution in [0.1, 0.15) is 66.8 Å². The first-order valence-corrected chi connectivity index (χ1v) is 23.9. The third kappa shape index (κ3) is 10.2. The number of hydrogen-bond acceptors (Lipinski definition) is 22. The van der Waals surface area contributed by atoms with Gasteiger partial charge in [0.2, 0.25) is 0 Å². The van der Waals surface area contributed by atoms with Crippen LogP contribution in [0.5, 0.6) is 0 Å². The van der Waals surface area contributed by atoms with Crippen LogP contribution in [0.2, 0.25) is 0 Å². The maximum Gasteiger partial charge on any atom is 0.475 e. The van der Waals surface area contributed by atoms with Crippen molar-refractivity contribution < 1.29 is 55.3 Å². The van der Waals surface area contributed by atoms with Crippen molar-refractivity contribution >= 4 is 83.4 Å². The molecule has 4 aromatic heterocycles. The number of carbonyl (C=O) groups excluding carboxylic acids is 2. The van der Waals surface area contributed by atoms with Crippen LogP contribution in [0, 0.1) is 10.8 Å². The average molecular weight is 915 g/mol. The molecule has 4 aromatic rings. The van der Waals surface area contributed by atoms with Gasteiger partial charge in [-0.15, -0.1) is 0 Å². The molecule has 60 heavy (non-hydrogen) atoms. The van der Waals surface area contributed by atoms with Crippen LogP contribution in [0.15, 0.2) is 25.3 Å². The van der Waals surface area contributed by atoms with E-state index < -0.39 is 76.6 Å². The topological polar surface area (TPSA) is 281 Å². The van der Waals surface area contributed by atoms with Gasteiger partial charge < -0.3 is 20.9 Å². The number of fused-ring (bicyclic) bond motifs is 4. The highest BCUT2D eigenvalue weighted by atomic mass is 32.2. The molecule has 0 saturated carbocycles. The number of carbonyl (C=O) groups is 2. The lowest BCUT2D eigenvalue weighted by molar-refractivity contribution is -0.118. The van der Waals surface area contributed by atoms with Crippen molar-refractivity contribution in [3.05, 3.63) is 25.3 Å². The summed E-state index contributed by atoms with van der Waals surface area (Å²) >= 11 is 2.06. The van der Waals surface area contributed by atoms with E-state index in [9.17, 15) is 18.7 Å². The zero-order valence-electron chi connectivity index (χ0n) is 33.8. The first-order chi connectivity index (χ1) is 28.3. The van der Waals surface area contributed by atoms with E-state index in [0.717, 1.165) is 23.5 Å². The summed E-state index contributed by atoms with van der Waals surface area (Å²) in [6.45, 7) is 9.52. The first kappa shape index (κ1) is 44.9. The summed E-state index contributed by atoms with van der Waals surface area (Å²) in [5.74, 6) is 0.613. The van der Waals surface area contributed by atoms with Gasteiger partial charge in [-0.2, -0.15) is 0 Å². The number of phosphoric ester groups is 2. The van der Waals surface area contributed by atoms with Crippen LogP contribution in [-0.2, 0) is 55.3 Å². The SMILES string of the molecule is CC(C)(C)C(=O)SCCOP1(=O)OC[C@H]2O[C@@H](n3cnc4c(N)ncnc43)C[C@H]2OP(=O)(OCCSC(=O)C(C)(C)C)OC[C@H]2O[C@@H](n3cnc4c(N)ncnc43)C[C@H]2O1. The van der Waals surface area contributed by atoms with Gasteiger partial charge in [0.15, 0.2) is 33.2 Å². The van der Waals surface area contributed by atoms with Crippen LogP contribution < -0.4 is 11.5 Å². The molecule has 26 heteroatoms. The average Bonchev–Trinajstić information content (AvgIpc) is 3.98. The van der Waals surface area contributed by atoms with E-state index in [1.807, 2.05) is 0 Å². The number of thioether (sulfide) groups is 2. The van der Waals surface area contributed by atoms with Crippen LogP contribution in [0.25, 0.3) is 22.3 Å². The van der Waals surface area contributed by atoms with Gasteiger partial charge in [-0.1, -0.05) is 65.1 Å². The molecule has 4 N–H and O–H groups in total. The van der Waals surface area contributed by atoms with Crippen molar-refractivity contribution in [1.82, 2.24) is 39.0 Å². The number of ether oxygens (including phenoxy) is 2. The van der Waals surface area contributed by atoms with Gasteiger partial charge in [0.25, 0.3) is 0 Å². The lowest BCUT2D eigenvalue weighted by Crippen LogP contribution is -2.33. The minimum atomic E-state index is -4.50. The highest BCUT2D eigenvalue weighted by molar-refractivity contribution is 8.14. The maximum atomic E-state index is 14.7. The number of anilines is 2. The molecule has 328 valence electrons. The summed E-state index contributed by atoms with van der Waals surface area (Å²) in [5.41, 5.74) is 12.3. The van der Waals surface area contributed by atoms with E-state index in [4.69, 9.17) is 48.1 Å². The fraction of sp³-hybridized carbons (Fsp3) is 0.647. The molecule has 0 aromatic carbocycles. The second-order valence-electron chi connectivity index (χ2n) is 16.1. The van der Waals surface area contributed by atoms with Crippen molar-refractivity contribution in [3.8, 4) is 0 Å². The third-order valence-corrected chi connectivity index (χ3v) is 14.9. The summed E-state index contributed by atoms with van der Waals surface area (Å²) in [6.07, 6.45) is -0.318. The number of hydrogen-bond donors (Lipinski definition) is 2. The Hall–Kier alpha value is -3.12. The van der Waals surface area contributed by atoms with Gasteiger partial charge in [-0.3, -0.25) is 45.9 Å². The van der Waals surface area contributed by atoms with E-state index >= 15 is 0 Å². The third-order valence-electron chi connectivity index (χ3n) is 9.43. The molecule has 0 spiro atoms. The van der Waals surface area contributed by atoms with Crippen LogP contribution in [0.4, 0.5) is 11.6 Å². The lowest BCUT2D eigenvalue weighted by Gasteiger charge is -2.29. The minimum Gasteiger partial charge on any atom is -0.382 e. The Morgan fingerprint density at radius 3 is 1.47 bits per heavy atom. The highest BCUT2D eigenvalue weighted by Crippen LogP contribution is 2.58. The monoisotopic (exact) mass is 914 g/mol. The molecule has 7 rings (SSSR count). The Kier molecular flexibility index (Phi) is 13.4. The molecule has 22 nitrogen and oxygen atoms in total. The van der Waals surface area contributed by atoms with Gasteiger partial charge in [-0.05, 0) is 0 Å². The molecule has 8 atom stereocenters. The van der Waals surface area contributed by atoms with Crippen molar-refractivity contribution in [2.75, 3.05) is 49.4 Å². The number of rotatable bonds is 10. The fourth-order valence-corrected chi connectivity index (χ4v) is 10.9. The molecule has 7 heterocycles. The summed E-state index contributed by atoms with van der Waals surface area (Å²) in [4.78, 5) is 50.6. The smallest absolute Gasteiger partial charge is 0.382 e. The predicted octanol–water partition coefficient (Wildman–Crippen LogP) is 5.08. The van der Waals surface area contributed by atoms with Gasteiger partial charge in [-0.25, -0.2) is 39.0 Å². The zero-order valence-corrected chi connectivity index (χ0v) is 37.2. The standard InChI is InChI=1S/C34H48N10O12P2S2/c1-33(2,3)31(45)59-9-7-49-57(47)51-13-21-20(12-24(53-21)44-18-42-26-28(36)38-16-40-30(26)44)56-58(48,50-8-10-60-32(46)34(4,5)6)52-14-22-19(55-57)11-23(54-22)43-17-41-25-27(35)37-15-39-29(25)43/h15-24H,7-14H2,1-6H3,(H2,35,37,39)(H2,36,38,40)/t19-,20-,21-,22-,23-,24-,57?,58?/m1/s1. The molecular weight excluding hydrogens is 867 g/mol. The predicted molar refractivity (Wildman–Crippen MR) is 219 cm³/mol. The fourth-order valence-electron chi connectivity index (χ4n) is 6.28. The van der Waals surface area contributed by atoms with E-state index in [2.05, 4.69) is 29.9 Å². The summed E-state index contributed by atoms with van der Waals surface area (Å²) < 4.78 is 81.6. The second-order valence-corrected chi connectivity index (χ2v) is 21.5. The molecular formula is C34H48N10O12P2S2. The Morgan fingerprint density at radius 2 is 1.08 bits per heavy atom. The Morgan fingerprint density at radius 1 is 0.683 bits per heavy atom. The molecule has 0 bridgehead atoms. The normalized spacial score (nSPS) is 29.2. The molecule has 3 aliphatic rings.